The highest BCUT2D eigenvalue weighted by molar-refractivity contribution is 8.01. The summed E-state index contributed by atoms with van der Waals surface area (Å²) in [5, 5.41) is 14.4. The maximum absolute atomic E-state index is 13.3. The first-order valence-electron chi connectivity index (χ1n) is 11.7. The van der Waals surface area contributed by atoms with Gasteiger partial charge in [-0.2, -0.15) is 0 Å². The van der Waals surface area contributed by atoms with Crippen molar-refractivity contribution in [1.29, 1.82) is 0 Å². The van der Waals surface area contributed by atoms with Crippen LogP contribution in [-0.4, -0.2) is 33.4 Å². The second kappa shape index (κ2) is 10.9. The van der Waals surface area contributed by atoms with E-state index < -0.39 is 16.7 Å². The Morgan fingerprint density at radius 3 is 2.64 bits per heavy atom. The van der Waals surface area contributed by atoms with Gasteiger partial charge in [-0.15, -0.1) is 11.3 Å². The van der Waals surface area contributed by atoms with Crippen molar-refractivity contribution in [3.8, 4) is 5.75 Å². The monoisotopic (exact) mass is 576 g/mol. The molecule has 1 N–H and O–H groups in total. The number of nitro benzene ring substituents is 1. The lowest BCUT2D eigenvalue weighted by molar-refractivity contribution is -0.387. The van der Waals surface area contributed by atoms with Crippen LogP contribution in [0.2, 0.25) is 0 Å². The standard InChI is InChI=1S/C27H20N4O5S3/c1-3-36-18-9-10-20-23(14-18)39-27(28-20)38-22-11-6-16(13-21(22)31(34)35)12-19-24(32)29-26(37)30(25(19)33)17-7-4-15(2)5-8-17/h4-14H,3H2,1-2H3,(H,29,32,37)/b19-12+. The largest absolute Gasteiger partial charge is 0.494 e. The summed E-state index contributed by atoms with van der Waals surface area (Å²) < 4.78 is 7.08. The predicted octanol–water partition coefficient (Wildman–Crippen LogP) is 5.89. The number of carbonyl (C=O) groups excluding carboxylic acids is 2. The van der Waals surface area contributed by atoms with E-state index in [0.717, 1.165) is 21.5 Å². The highest BCUT2D eigenvalue weighted by Gasteiger charge is 2.34. The molecule has 3 aromatic carbocycles. The second-order valence-electron chi connectivity index (χ2n) is 8.42. The Balaban J connectivity index is 1.45. The molecule has 2 amide bonds. The number of aryl methyl sites for hydroxylation is 1. The zero-order chi connectivity index (χ0) is 27.7. The smallest absolute Gasteiger partial charge is 0.283 e. The van der Waals surface area contributed by atoms with E-state index in [2.05, 4.69) is 10.3 Å². The molecule has 0 saturated carbocycles. The zero-order valence-corrected chi connectivity index (χ0v) is 23.1. The summed E-state index contributed by atoms with van der Waals surface area (Å²) in [6.45, 7) is 4.37. The lowest BCUT2D eigenvalue weighted by Gasteiger charge is -2.29. The molecule has 0 radical (unpaired) electrons. The van der Waals surface area contributed by atoms with Crippen LogP contribution in [0.25, 0.3) is 16.3 Å². The summed E-state index contributed by atoms with van der Waals surface area (Å²) in [5.74, 6) is -0.554. The van der Waals surface area contributed by atoms with Gasteiger partial charge in [-0.25, -0.2) is 4.98 Å². The number of hydrogen-bond donors (Lipinski definition) is 1. The highest BCUT2D eigenvalue weighted by Crippen LogP contribution is 2.40. The number of nitro groups is 1. The van der Waals surface area contributed by atoms with Gasteiger partial charge in [0.2, 0.25) is 0 Å². The van der Waals surface area contributed by atoms with Gasteiger partial charge in [0, 0.05) is 6.07 Å². The van der Waals surface area contributed by atoms with E-state index in [0.29, 0.717) is 27.1 Å². The summed E-state index contributed by atoms with van der Waals surface area (Å²) in [5.41, 5.74) is 2.25. The summed E-state index contributed by atoms with van der Waals surface area (Å²) in [4.78, 5) is 43.6. The molecule has 1 saturated heterocycles. The minimum absolute atomic E-state index is 0.0343. The average molecular weight is 577 g/mol. The summed E-state index contributed by atoms with van der Waals surface area (Å²) in [6, 6.07) is 17.2. The van der Waals surface area contributed by atoms with Gasteiger partial charge >= 0.3 is 0 Å². The van der Waals surface area contributed by atoms with Crippen molar-refractivity contribution in [2.45, 2.75) is 23.1 Å². The molecule has 0 atom stereocenters. The summed E-state index contributed by atoms with van der Waals surface area (Å²) >= 11 is 7.82. The van der Waals surface area contributed by atoms with Gasteiger partial charge in [-0.05, 0) is 74.1 Å². The fourth-order valence-electron chi connectivity index (χ4n) is 3.88. The van der Waals surface area contributed by atoms with Crippen LogP contribution in [0.1, 0.15) is 18.1 Å². The van der Waals surface area contributed by atoms with E-state index in [1.54, 1.807) is 24.3 Å². The van der Waals surface area contributed by atoms with Crippen molar-refractivity contribution >= 4 is 79.9 Å². The number of amides is 2. The third-order valence-corrected chi connectivity index (χ3v) is 8.16. The SMILES string of the molecule is CCOc1ccc2nc(Sc3ccc(/C=C4\C(=O)NC(=S)N(c5ccc(C)cc5)C4=O)cc3[N+](=O)[O-])sc2c1. The molecule has 39 heavy (non-hydrogen) atoms. The van der Waals surface area contributed by atoms with E-state index in [9.17, 15) is 19.7 Å². The van der Waals surface area contributed by atoms with Crippen molar-refractivity contribution in [2.24, 2.45) is 0 Å². The molecular formula is C27H20N4O5S3. The molecule has 1 aromatic heterocycles. The van der Waals surface area contributed by atoms with E-state index in [-0.39, 0.29) is 16.4 Å². The molecule has 0 aliphatic carbocycles. The number of thiocarbonyl (C=S) groups is 1. The Kier molecular flexibility index (Phi) is 7.42. The van der Waals surface area contributed by atoms with Crippen molar-refractivity contribution in [3.63, 3.8) is 0 Å². The van der Waals surface area contributed by atoms with Crippen LogP contribution >= 0.6 is 35.3 Å². The normalized spacial score (nSPS) is 14.7. The quantitative estimate of drug-likeness (QED) is 0.0952. The van der Waals surface area contributed by atoms with Gasteiger partial charge in [0.15, 0.2) is 9.45 Å². The highest BCUT2D eigenvalue weighted by atomic mass is 32.2. The molecule has 5 rings (SSSR count). The molecule has 1 aliphatic heterocycles. The number of hydrogen-bond acceptors (Lipinski definition) is 9. The van der Waals surface area contributed by atoms with Gasteiger partial charge in [0.25, 0.3) is 17.5 Å². The van der Waals surface area contributed by atoms with Crippen LogP contribution < -0.4 is 15.0 Å². The first kappa shape index (κ1) is 26.5. The van der Waals surface area contributed by atoms with Crippen LogP contribution in [0, 0.1) is 17.0 Å². The third kappa shape index (κ3) is 5.53. The number of nitrogens with one attached hydrogen (secondary N) is 1. The fraction of sp³-hybridized carbons (Fsp3) is 0.111. The molecule has 9 nitrogen and oxygen atoms in total. The predicted molar refractivity (Wildman–Crippen MR) is 155 cm³/mol. The summed E-state index contributed by atoms with van der Waals surface area (Å²) in [7, 11) is 0. The Morgan fingerprint density at radius 2 is 1.92 bits per heavy atom. The molecule has 196 valence electrons. The third-order valence-electron chi connectivity index (χ3n) is 5.73. The van der Waals surface area contributed by atoms with E-state index >= 15 is 0 Å². The number of nitrogens with zero attached hydrogens (tertiary/aromatic N) is 3. The Labute approximate surface area is 236 Å². The van der Waals surface area contributed by atoms with Crippen LogP contribution in [0.15, 0.2) is 75.5 Å². The van der Waals surface area contributed by atoms with Gasteiger partial charge in [0.05, 0.1) is 32.3 Å². The topological polar surface area (TPSA) is 115 Å². The molecule has 1 aliphatic rings. The molecule has 4 aromatic rings. The first-order chi connectivity index (χ1) is 18.7. The van der Waals surface area contributed by atoms with Gasteiger partial charge in [-0.3, -0.25) is 29.9 Å². The number of carbonyl (C=O) groups is 2. The lowest BCUT2D eigenvalue weighted by Crippen LogP contribution is -2.54. The zero-order valence-electron chi connectivity index (χ0n) is 20.7. The van der Waals surface area contributed by atoms with Crippen molar-refractivity contribution in [3.05, 3.63) is 87.5 Å². The van der Waals surface area contributed by atoms with E-state index in [1.807, 2.05) is 44.2 Å². The van der Waals surface area contributed by atoms with Crippen molar-refractivity contribution < 1.29 is 19.2 Å². The minimum Gasteiger partial charge on any atom is -0.494 e. The molecule has 12 heteroatoms. The first-order valence-corrected chi connectivity index (χ1v) is 13.8. The fourth-order valence-corrected chi connectivity index (χ4v) is 6.30. The number of aromatic nitrogens is 1. The molecule has 2 heterocycles. The van der Waals surface area contributed by atoms with Crippen molar-refractivity contribution in [1.82, 2.24) is 10.3 Å². The van der Waals surface area contributed by atoms with Gasteiger partial charge < -0.3 is 4.74 Å². The van der Waals surface area contributed by atoms with Crippen molar-refractivity contribution in [2.75, 3.05) is 11.5 Å². The Morgan fingerprint density at radius 1 is 1.15 bits per heavy atom. The van der Waals surface area contributed by atoms with Gasteiger partial charge in [-0.1, -0.05) is 35.5 Å². The molecular weight excluding hydrogens is 557 g/mol. The Hall–Kier alpha value is -4.13. The molecule has 0 spiro atoms. The van der Waals surface area contributed by atoms with Gasteiger partial charge in [0.1, 0.15) is 11.3 Å². The Bertz CT molecular complexity index is 1680. The maximum Gasteiger partial charge on any atom is 0.283 e. The average Bonchev–Trinajstić information content (AvgIpc) is 3.30. The summed E-state index contributed by atoms with van der Waals surface area (Å²) in [6.07, 6.45) is 1.33. The minimum atomic E-state index is -0.671. The van der Waals surface area contributed by atoms with Crippen LogP contribution in [0.4, 0.5) is 11.4 Å². The number of thiazole rings is 1. The maximum atomic E-state index is 13.3. The van der Waals surface area contributed by atoms with Crippen LogP contribution in [0.5, 0.6) is 5.75 Å². The number of anilines is 1. The number of benzene rings is 3. The molecule has 1 fully saturated rings. The lowest BCUT2D eigenvalue weighted by atomic mass is 10.1. The van der Waals surface area contributed by atoms with E-state index in [4.69, 9.17) is 17.0 Å². The second-order valence-corrected chi connectivity index (χ2v) is 11.1. The number of fused-ring (bicyclic) bond motifs is 1. The molecule has 0 bridgehead atoms. The van der Waals surface area contributed by atoms with Crippen LogP contribution in [-0.2, 0) is 9.59 Å². The number of rotatable bonds is 7. The number of ether oxygens (including phenoxy) is 1. The van der Waals surface area contributed by atoms with E-state index in [1.165, 1.54) is 40.1 Å². The van der Waals surface area contributed by atoms with Crippen LogP contribution in [0.3, 0.4) is 0 Å². The molecule has 0 unspecified atom stereocenters.